The molecule has 2 rings (SSSR count). The van der Waals surface area contributed by atoms with Gasteiger partial charge in [0.2, 0.25) is 5.95 Å². The summed E-state index contributed by atoms with van der Waals surface area (Å²) in [5.41, 5.74) is 2.35. The largest absolute Gasteiger partial charge is 0.356 e. The molecule has 1 N–H and O–H groups in total. The molecule has 0 atom stereocenters. The molecule has 0 spiro atoms. The summed E-state index contributed by atoms with van der Waals surface area (Å²) in [6.45, 7) is 8.27. The SMILES string of the molecule is CCCN(CCC)c1cc(C)nc(Nc2cccc(C#N)c2)n1. The molecule has 120 valence electrons. The van der Waals surface area contributed by atoms with Gasteiger partial charge < -0.3 is 10.2 Å². The van der Waals surface area contributed by atoms with Crippen molar-refractivity contribution in [2.45, 2.75) is 33.6 Å². The molecule has 0 aliphatic rings. The molecule has 0 bridgehead atoms. The van der Waals surface area contributed by atoms with Crippen LogP contribution in [0.5, 0.6) is 0 Å². The summed E-state index contributed by atoms with van der Waals surface area (Å²) in [7, 11) is 0. The molecule has 0 fully saturated rings. The standard InChI is InChI=1S/C18H23N5/c1-4-9-23(10-5-2)17-11-14(3)20-18(22-17)21-16-8-6-7-15(12-16)13-19/h6-8,11-12H,4-5,9-10H2,1-3H3,(H,20,21,22). The Hall–Kier alpha value is -2.61. The molecule has 5 nitrogen and oxygen atoms in total. The van der Waals surface area contributed by atoms with E-state index in [1.165, 1.54) is 0 Å². The summed E-state index contributed by atoms with van der Waals surface area (Å²) in [4.78, 5) is 11.4. The Balaban J connectivity index is 2.27. The van der Waals surface area contributed by atoms with Gasteiger partial charge in [-0.3, -0.25) is 0 Å². The Morgan fingerprint density at radius 2 is 1.87 bits per heavy atom. The van der Waals surface area contributed by atoms with Crippen LogP contribution < -0.4 is 10.2 Å². The van der Waals surface area contributed by atoms with Crippen LogP contribution in [0.3, 0.4) is 0 Å². The molecular weight excluding hydrogens is 286 g/mol. The number of hydrogen-bond acceptors (Lipinski definition) is 5. The lowest BCUT2D eigenvalue weighted by Gasteiger charge is -2.23. The van der Waals surface area contributed by atoms with E-state index in [-0.39, 0.29) is 0 Å². The van der Waals surface area contributed by atoms with Crippen molar-refractivity contribution in [3.63, 3.8) is 0 Å². The van der Waals surface area contributed by atoms with Crippen LogP contribution in [0.25, 0.3) is 0 Å². The molecule has 0 unspecified atom stereocenters. The highest BCUT2D eigenvalue weighted by molar-refractivity contribution is 5.58. The van der Waals surface area contributed by atoms with Crippen LogP contribution in [0.2, 0.25) is 0 Å². The van der Waals surface area contributed by atoms with Crippen LogP contribution in [0.1, 0.15) is 37.9 Å². The molecular formula is C18H23N5. The van der Waals surface area contributed by atoms with E-state index < -0.39 is 0 Å². The third-order valence-electron chi connectivity index (χ3n) is 3.40. The number of rotatable bonds is 7. The van der Waals surface area contributed by atoms with Crippen molar-refractivity contribution in [3.8, 4) is 6.07 Å². The van der Waals surface area contributed by atoms with Crippen LogP contribution in [0.15, 0.2) is 30.3 Å². The maximum Gasteiger partial charge on any atom is 0.229 e. The maximum atomic E-state index is 8.99. The molecule has 1 aromatic carbocycles. The van der Waals surface area contributed by atoms with E-state index in [9.17, 15) is 0 Å². The Morgan fingerprint density at radius 1 is 1.13 bits per heavy atom. The van der Waals surface area contributed by atoms with Gasteiger partial charge in [-0.15, -0.1) is 0 Å². The van der Waals surface area contributed by atoms with E-state index in [2.05, 4.69) is 40.1 Å². The molecule has 0 aliphatic carbocycles. The van der Waals surface area contributed by atoms with Gasteiger partial charge in [0.05, 0.1) is 11.6 Å². The Morgan fingerprint density at radius 3 is 2.52 bits per heavy atom. The van der Waals surface area contributed by atoms with Gasteiger partial charge >= 0.3 is 0 Å². The normalized spacial score (nSPS) is 10.2. The molecule has 0 aliphatic heterocycles. The maximum absolute atomic E-state index is 8.99. The first-order valence-electron chi connectivity index (χ1n) is 8.04. The number of benzene rings is 1. The van der Waals surface area contributed by atoms with Gasteiger partial charge in [-0.25, -0.2) is 4.98 Å². The molecule has 2 aromatic rings. The minimum atomic E-state index is 0.562. The number of nitrogens with zero attached hydrogens (tertiary/aromatic N) is 4. The summed E-state index contributed by atoms with van der Waals surface area (Å²) < 4.78 is 0. The summed E-state index contributed by atoms with van der Waals surface area (Å²) in [5, 5.41) is 12.2. The number of aromatic nitrogens is 2. The van der Waals surface area contributed by atoms with E-state index in [1.807, 2.05) is 25.1 Å². The lowest BCUT2D eigenvalue weighted by atomic mass is 10.2. The van der Waals surface area contributed by atoms with Crippen LogP contribution >= 0.6 is 0 Å². The number of nitrogens with one attached hydrogen (secondary N) is 1. The van der Waals surface area contributed by atoms with Gasteiger partial charge in [0, 0.05) is 30.5 Å². The fraction of sp³-hybridized carbons (Fsp3) is 0.389. The van der Waals surface area contributed by atoms with Crippen molar-refractivity contribution >= 4 is 17.5 Å². The minimum Gasteiger partial charge on any atom is -0.356 e. The Bertz CT molecular complexity index is 684. The summed E-state index contributed by atoms with van der Waals surface area (Å²) in [6.07, 6.45) is 2.16. The molecule has 5 heteroatoms. The summed E-state index contributed by atoms with van der Waals surface area (Å²) >= 11 is 0. The van der Waals surface area contributed by atoms with Crippen molar-refractivity contribution in [2.24, 2.45) is 0 Å². The fourth-order valence-electron chi connectivity index (χ4n) is 2.45. The predicted octanol–water partition coefficient (Wildman–Crippen LogP) is 4.03. The van der Waals surface area contributed by atoms with E-state index in [4.69, 9.17) is 5.26 Å². The van der Waals surface area contributed by atoms with E-state index >= 15 is 0 Å². The van der Waals surface area contributed by atoms with Gasteiger partial charge in [0.1, 0.15) is 5.82 Å². The highest BCUT2D eigenvalue weighted by Gasteiger charge is 2.09. The van der Waals surface area contributed by atoms with Gasteiger partial charge in [-0.1, -0.05) is 19.9 Å². The minimum absolute atomic E-state index is 0.562. The molecule has 1 aromatic heterocycles. The third kappa shape index (κ3) is 4.68. The van der Waals surface area contributed by atoms with Crippen LogP contribution in [0, 0.1) is 18.3 Å². The quantitative estimate of drug-likeness (QED) is 0.836. The second-order valence-electron chi connectivity index (χ2n) is 5.50. The second-order valence-corrected chi connectivity index (χ2v) is 5.50. The van der Waals surface area contributed by atoms with Gasteiger partial charge in [-0.05, 0) is 38.0 Å². The van der Waals surface area contributed by atoms with Gasteiger partial charge in [0.15, 0.2) is 0 Å². The topological polar surface area (TPSA) is 64.8 Å². The zero-order valence-corrected chi connectivity index (χ0v) is 14.0. The summed E-state index contributed by atoms with van der Waals surface area (Å²) in [6, 6.07) is 11.5. The number of hydrogen-bond donors (Lipinski definition) is 1. The summed E-state index contributed by atoms with van der Waals surface area (Å²) in [5.74, 6) is 1.51. The number of anilines is 3. The Kier molecular flexibility index (Phi) is 5.93. The molecule has 0 amide bonds. The second kappa shape index (κ2) is 8.14. The zero-order valence-electron chi connectivity index (χ0n) is 14.0. The van der Waals surface area contributed by atoms with Crippen molar-refractivity contribution in [1.29, 1.82) is 5.26 Å². The van der Waals surface area contributed by atoms with Crippen molar-refractivity contribution in [1.82, 2.24) is 9.97 Å². The van der Waals surface area contributed by atoms with Crippen molar-refractivity contribution < 1.29 is 0 Å². The first-order valence-corrected chi connectivity index (χ1v) is 8.04. The van der Waals surface area contributed by atoms with Crippen molar-refractivity contribution in [3.05, 3.63) is 41.6 Å². The lowest BCUT2D eigenvalue weighted by Crippen LogP contribution is -2.26. The predicted molar refractivity (Wildman–Crippen MR) is 94.0 cm³/mol. The highest BCUT2D eigenvalue weighted by atomic mass is 15.2. The zero-order chi connectivity index (χ0) is 16.7. The lowest BCUT2D eigenvalue weighted by molar-refractivity contribution is 0.732. The molecule has 0 saturated carbocycles. The number of nitriles is 1. The van der Waals surface area contributed by atoms with E-state index in [0.29, 0.717) is 11.5 Å². The highest BCUT2D eigenvalue weighted by Crippen LogP contribution is 2.19. The smallest absolute Gasteiger partial charge is 0.229 e. The molecule has 1 heterocycles. The third-order valence-corrected chi connectivity index (χ3v) is 3.40. The van der Waals surface area contributed by atoms with Gasteiger partial charge in [0.25, 0.3) is 0 Å². The van der Waals surface area contributed by atoms with Crippen molar-refractivity contribution in [2.75, 3.05) is 23.3 Å². The average Bonchev–Trinajstić information content (AvgIpc) is 2.54. The molecule has 0 saturated heterocycles. The first-order chi connectivity index (χ1) is 11.2. The Labute approximate surface area is 138 Å². The van der Waals surface area contributed by atoms with Crippen LogP contribution in [0.4, 0.5) is 17.5 Å². The van der Waals surface area contributed by atoms with Gasteiger partial charge in [-0.2, -0.15) is 10.2 Å². The average molecular weight is 309 g/mol. The van der Waals surface area contributed by atoms with Crippen LogP contribution in [-0.4, -0.2) is 23.1 Å². The fourth-order valence-corrected chi connectivity index (χ4v) is 2.45. The van der Waals surface area contributed by atoms with E-state index in [0.717, 1.165) is 43.1 Å². The number of aryl methyl sites for hydroxylation is 1. The van der Waals surface area contributed by atoms with Crippen LogP contribution in [-0.2, 0) is 0 Å². The first kappa shape index (κ1) is 16.8. The monoisotopic (exact) mass is 309 g/mol. The molecule has 23 heavy (non-hydrogen) atoms. The molecule has 0 radical (unpaired) electrons. The van der Waals surface area contributed by atoms with E-state index in [1.54, 1.807) is 12.1 Å².